The smallest absolute Gasteiger partial charge is 0.246 e. The molecule has 2 rings (SSSR count). The number of nitrogens with one attached hydrogen (secondary N) is 2. The van der Waals surface area contributed by atoms with Gasteiger partial charge < -0.3 is 10.3 Å². The van der Waals surface area contributed by atoms with E-state index in [9.17, 15) is 4.79 Å². The average molecular weight is 228 g/mol. The maximum absolute atomic E-state index is 11.3. The normalized spacial score (nSPS) is 10.4. The van der Waals surface area contributed by atoms with Crippen LogP contribution in [0.3, 0.4) is 0 Å². The summed E-state index contributed by atoms with van der Waals surface area (Å²) in [5.74, 6) is -0.0789. The highest BCUT2D eigenvalue weighted by molar-refractivity contribution is 5.92. The largest absolute Gasteiger partial charge is 0.361 e. The molecule has 17 heavy (non-hydrogen) atoms. The number of rotatable bonds is 4. The van der Waals surface area contributed by atoms with Crippen molar-refractivity contribution < 1.29 is 4.79 Å². The lowest BCUT2D eigenvalue weighted by Gasteiger charge is -2.03. The number of H-pyrrole nitrogens is 1. The van der Waals surface area contributed by atoms with E-state index >= 15 is 0 Å². The Morgan fingerprint density at radius 3 is 2.94 bits per heavy atom. The average Bonchev–Trinajstić information content (AvgIpc) is 2.72. The summed E-state index contributed by atoms with van der Waals surface area (Å²) in [5, 5.41) is 4.05. The Bertz CT molecular complexity index is 554. The van der Waals surface area contributed by atoms with E-state index in [-0.39, 0.29) is 5.91 Å². The van der Waals surface area contributed by atoms with Gasteiger partial charge in [0, 0.05) is 29.2 Å². The molecule has 0 fully saturated rings. The summed E-state index contributed by atoms with van der Waals surface area (Å²) in [4.78, 5) is 14.5. The van der Waals surface area contributed by atoms with Crippen LogP contribution in [-0.4, -0.2) is 17.4 Å². The maximum atomic E-state index is 11.3. The lowest BCUT2D eigenvalue weighted by Crippen LogP contribution is -2.25. The predicted octanol–water partition coefficient (Wildman–Crippen LogP) is 2.40. The molecule has 88 valence electrons. The highest BCUT2D eigenvalue weighted by atomic mass is 16.1. The number of hydrogen-bond donors (Lipinski definition) is 2. The Kier molecular flexibility index (Phi) is 3.28. The van der Waals surface area contributed by atoms with Crippen LogP contribution in [0.15, 0.2) is 42.6 Å². The molecule has 0 spiro atoms. The van der Waals surface area contributed by atoms with Crippen molar-refractivity contribution in [1.82, 2.24) is 10.3 Å². The molecule has 0 unspecified atom stereocenters. The van der Waals surface area contributed by atoms with Gasteiger partial charge in [-0.05, 0) is 25.0 Å². The molecule has 1 amide bonds. The molecule has 0 saturated carbocycles. The van der Waals surface area contributed by atoms with Crippen molar-refractivity contribution >= 4 is 16.8 Å². The lowest BCUT2D eigenvalue weighted by molar-refractivity contribution is -0.117. The van der Waals surface area contributed by atoms with Gasteiger partial charge in [0.15, 0.2) is 0 Å². The number of para-hydroxylation sites is 1. The Morgan fingerprint density at radius 2 is 2.18 bits per heavy atom. The summed E-state index contributed by atoms with van der Waals surface area (Å²) in [7, 11) is 0. The molecule has 1 aromatic heterocycles. The molecule has 0 bridgehead atoms. The van der Waals surface area contributed by atoms with Crippen LogP contribution in [-0.2, 0) is 11.2 Å². The van der Waals surface area contributed by atoms with E-state index in [1.54, 1.807) is 6.92 Å². The summed E-state index contributed by atoms with van der Waals surface area (Å²) in [6, 6.07) is 8.16. The number of aromatic nitrogens is 1. The molecule has 0 atom stereocenters. The fourth-order valence-corrected chi connectivity index (χ4v) is 1.80. The summed E-state index contributed by atoms with van der Waals surface area (Å²) >= 11 is 0. The number of hydrogen-bond acceptors (Lipinski definition) is 1. The van der Waals surface area contributed by atoms with E-state index in [2.05, 4.69) is 22.9 Å². The van der Waals surface area contributed by atoms with Crippen molar-refractivity contribution in [3.63, 3.8) is 0 Å². The molecule has 2 N–H and O–H groups in total. The Hall–Kier alpha value is -2.03. The maximum Gasteiger partial charge on any atom is 0.246 e. The van der Waals surface area contributed by atoms with E-state index in [4.69, 9.17) is 0 Å². The van der Waals surface area contributed by atoms with Crippen LogP contribution in [0.5, 0.6) is 0 Å². The fourth-order valence-electron chi connectivity index (χ4n) is 1.80. The first-order chi connectivity index (χ1) is 8.18. The first kappa shape index (κ1) is 11.5. The second-order valence-electron chi connectivity index (χ2n) is 4.15. The minimum Gasteiger partial charge on any atom is -0.361 e. The minimum absolute atomic E-state index is 0.0789. The van der Waals surface area contributed by atoms with Crippen molar-refractivity contribution in [3.05, 3.63) is 48.2 Å². The lowest BCUT2D eigenvalue weighted by atomic mass is 10.1. The zero-order valence-electron chi connectivity index (χ0n) is 9.92. The van der Waals surface area contributed by atoms with Gasteiger partial charge in [0.2, 0.25) is 5.91 Å². The standard InChI is InChI=1S/C14H16N2O/c1-10(2)14(17)15-8-7-11-9-16-13-6-4-3-5-12(11)13/h3-6,9,16H,1,7-8H2,2H3,(H,15,17). The van der Waals surface area contributed by atoms with E-state index in [0.717, 1.165) is 11.9 Å². The highest BCUT2D eigenvalue weighted by Crippen LogP contribution is 2.17. The van der Waals surface area contributed by atoms with Gasteiger partial charge in [-0.1, -0.05) is 24.8 Å². The van der Waals surface area contributed by atoms with E-state index in [1.165, 1.54) is 10.9 Å². The van der Waals surface area contributed by atoms with Crippen molar-refractivity contribution in [2.45, 2.75) is 13.3 Å². The Balaban J connectivity index is 2.00. The third-order valence-corrected chi connectivity index (χ3v) is 2.74. The van der Waals surface area contributed by atoms with Crippen molar-refractivity contribution in [1.29, 1.82) is 0 Å². The number of carbonyl (C=O) groups excluding carboxylic acids is 1. The summed E-state index contributed by atoms with van der Waals surface area (Å²) in [6.07, 6.45) is 2.82. The van der Waals surface area contributed by atoms with Gasteiger partial charge in [0.1, 0.15) is 0 Å². The van der Waals surface area contributed by atoms with Crippen LogP contribution in [0.4, 0.5) is 0 Å². The molecular formula is C14H16N2O. The Labute approximate surface area is 101 Å². The van der Waals surface area contributed by atoms with Gasteiger partial charge in [0.05, 0.1) is 0 Å². The second-order valence-corrected chi connectivity index (χ2v) is 4.15. The molecule has 0 aliphatic carbocycles. The SMILES string of the molecule is C=C(C)C(=O)NCCc1c[nH]c2ccccc12. The van der Waals surface area contributed by atoms with Crippen molar-refractivity contribution in [2.24, 2.45) is 0 Å². The van der Waals surface area contributed by atoms with Gasteiger partial charge in [-0.2, -0.15) is 0 Å². The monoisotopic (exact) mass is 228 g/mol. The molecule has 1 aromatic carbocycles. The number of aromatic amines is 1. The summed E-state index contributed by atoms with van der Waals surface area (Å²) < 4.78 is 0. The second kappa shape index (κ2) is 4.87. The Morgan fingerprint density at radius 1 is 1.41 bits per heavy atom. The van der Waals surface area contributed by atoms with Gasteiger partial charge >= 0.3 is 0 Å². The first-order valence-corrected chi connectivity index (χ1v) is 5.67. The van der Waals surface area contributed by atoms with Crippen LogP contribution in [0, 0.1) is 0 Å². The summed E-state index contributed by atoms with van der Waals surface area (Å²) in [5.41, 5.74) is 2.90. The van der Waals surface area contributed by atoms with Gasteiger partial charge in [-0.15, -0.1) is 0 Å². The molecule has 0 radical (unpaired) electrons. The predicted molar refractivity (Wildman–Crippen MR) is 69.8 cm³/mol. The zero-order chi connectivity index (χ0) is 12.3. The molecule has 2 aromatic rings. The van der Waals surface area contributed by atoms with Gasteiger partial charge in [0.25, 0.3) is 0 Å². The highest BCUT2D eigenvalue weighted by Gasteiger charge is 2.04. The molecule has 3 heteroatoms. The topological polar surface area (TPSA) is 44.9 Å². The van der Waals surface area contributed by atoms with Crippen molar-refractivity contribution in [3.8, 4) is 0 Å². The third kappa shape index (κ3) is 2.56. The molecule has 1 heterocycles. The first-order valence-electron chi connectivity index (χ1n) is 5.67. The van der Waals surface area contributed by atoms with Crippen molar-refractivity contribution in [2.75, 3.05) is 6.54 Å². The fraction of sp³-hybridized carbons (Fsp3) is 0.214. The molecular weight excluding hydrogens is 212 g/mol. The van der Waals surface area contributed by atoms with Gasteiger partial charge in [-0.25, -0.2) is 0 Å². The number of carbonyl (C=O) groups is 1. The van der Waals surface area contributed by atoms with E-state index in [1.807, 2.05) is 24.4 Å². The van der Waals surface area contributed by atoms with Crippen LogP contribution < -0.4 is 5.32 Å². The third-order valence-electron chi connectivity index (χ3n) is 2.74. The van der Waals surface area contributed by atoms with Crippen LogP contribution in [0.25, 0.3) is 10.9 Å². The van der Waals surface area contributed by atoms with E-state index < -0.39 is 0 Å². The van der Waals surface area contributed by atoms with Crippen LogP contribution in [0.1, 0.15) is 12.5 Å². The molecule has 0 aliphatic rings. The zero-order valence-corrected chi connectivity index (χ0v) is 9.92. The number of amides is 1. The number of benzene rings is 1. The minimum atomic E-state index is -0.0789. The molecule has 3 nitrogen and oxygen atoms in total. The van der Waals surface area contributed by atoms with Crippen LogP contribution in [0.2, 0.25) is 0 Å². The van der Waals surface area contributed by atoms with Gasteiger partial charge in [-0.3, -0.25) is 4.79 Å². The van der Waals surface area contributed by atoms with Crippen LogP contribution >= 0.6 is 0 Å². The quantitative estimate of drug-likeness (QED) is 0.775. The number of fused-ring (bicyclic) bond motifs is 1. The van der Waals surface area contributed by atoms with E-state index in [0.29, 0.717) is 12.1 Å². The molecule has 0 aliphatic heterocycles. The molecule has 0 saturated heterocycles. The summed E-state index contributed by atoms with van der Waals surface area (Å²) in [6.45, 7) is 5.94.